The van der Waals surface area contributed by atoms with Crippen LogP contribution in [0, 0.1) is 0 Å². The molecule has 0 amide bonds. The molecule has 0 fully saturated rings. The summed E-state index contributed by atoms with van der Waals surface area (Å²) in [6.45, 7) is 0.657. The fourth-order valence-electron chi connectivity index (χ4n) is 1.96. The van der Waals surface area contributed by atoms with E-state index in [9.17, 15) is 0 Å². The summed E-state index contributed by atoms with van der Waals surface area (Å²) in [5, 5.41) is 5.37. The molecule has 0 spiro atoms. The van der Waals surface area contributed by atoms with E-state index in [2.05, 4.69) is 44.2 Å². The van der Waals surface area contributed by atoms with Gasteiger partial charge in [-0.25, -0.2) is 0 Å². The van der Waals surface area contributed by atoms with Gasteiger partial charge in [0.1, 0.15) is 0 Å². The van der Waals surface area contributed by atoms with Crippen molar-refractivity contribution in [3.63, 3.8) is 0 Å². The average Bonchev–Trinajstić information content (AvgIpc) is 2.69. The molecule has 0 saturated heterocycles. The van der Waals surface area contributed by atoms with E-state index in [-0.39, 0.29) is 0 Å². The first-order valence-electron chi connectivity index (χ1n) is 5.55. The van der Waals surface area contributed by atoms with Gasteiger partial charge in [0.2, 0.25) is 0 Å². The number of hydrogen-bond acceptors (Lipinski definition) is 3. The zero-order chi connectivity index (χ0) is 12.5. The zero-order valence-corrected chi connectivity index (χ0v) is 11.1. The minimum atomic E-state index is 0.503. The highest BCUT2D eigenvalue weighted by molar-refractivity contribution is 9.10. The highest BCUT2D eigenvalue weighted by Gasteiger charge is 2.06. The number of hydrogen-bond donors (Lipinski definition) is 1. The first kappa shape index (κ1) is 11.2. The Morgan fingerprint density at radius 3 is 2.83 bits per heavy atom. The highest BCUT2D eigenvalue weighted by Crippen LogP contribution is 2.20. The molecule has 0 saturated carbocycles. The van der Waals surface area contributed by atoms with Crippen molar-refractivity contribution >= 4 is 32.7 Å². The van der Waals surface area contributed by atoms with Crippen LogP contribution in [-0.4, -0.2) is 14.8 Å². The summed E-state index contributed by atoms with van der Waals surface area (Å²) < 4.78 is 2.62. The molecule has 1 aromatic carbocycles. The van der Waals surface area contributed by atoms with Crippen molar-refractivity contribution in [3.05, 3.63) is 52.8 Å². The van der Waals surface area contributed by atoms with E-state index in [1.54, 1.807) is 6.20 Å². The molecule has 0 unspecified atom stereocenters. The lowest BCUT2D eigenvalue weighted by atomic mass is 10.1. The lowest BCUT2D eigenvalue weighted by Crippen LogP contribution is -2.02. The smallest absolute Gasteiger partial charge is 0.159 e. The zero-order valence-electron chi connectivity index (χ0n) is 9.55. The van der Waals surface area contributed by atoms with Gasteiger partial charge in [0.25, 0.3) is 0 Å². The Kier molecular flexibility index (Phi) is 2.76. The number of fused-ring (bicyclic) bond motifs is 1. The van der Waals surface area contributed by atoms with Gasteiger partial charge in [-0.15, -0.1) is 0 Å². The monoisotopic (exact) mass is 302 g/mol. The summed E-state index contributed by atoms with van der Waals surface area (Å²) in [7, 11) is 0. The molecule has 2 N–H and O–H groups in total. The molecule has 0 radical (unpaired) electrons. The van der Waals surface area contributed by atoms with Crippen molar-refractivity contribution in [2.24, 2.45) is 0 Å². The van der Waals surface area contributed by atoms with Gasteiger partial charge >= 0.3 is 0 Å². The number of anilines is 1. The second-order valence-electron chi connectivity index (χ2n) is 4.05. The Bertz CT molecular complexity index is 680. The maximum absolute atomic E-state index is 5.71. The van der Waals surface area contributed by atoms with Gasteiger partial charge in [-0.3, -0.25) is 9.67 Å². The number of nitrogen functional groups attached to an aromatic ring is 1. The van der Waals surface area contributed by atoms with Crippen LogP contribution >= 0.6 is 15.9 Å². The molecular weight excluding hydrogens is 292 g/mol. The van der Waals surface area contributed by atoms with Crippen LogP contribution in [0.5, 0.6) is 0 Å². The summed E-state index contributed by atoms with van der Waals surface area (Å²) in [6.07, 6.45) is 3.68. The third kappa shape index (κ3) is 1.97. The summed E-state index contributed by atoms with van der Waals surface area (Å²) in [4.78, 5) is 4.42. The molecule has 0 aliphatic heterocycles. The molecule has 0 aliphatic carbocycles. The van der Waals surface area contributed by atoms with E-state index in [4.69, 9.17) is 5.73 Å². The van der Waals surface area contributed by atoms with Crippen molar-refractivity contribution in [2.75, 3.05) is 5.73 Å². The Morgan fingerprint density at radius 1 is 1.22 bits per heavy atom. The van der Waals surface area contributed by atoms with Gasteiger partial charge < -0.3 is 5.73 Å². The van der Waals surface area contributed by atoms with Crippen molar-refractivity contribution in [1.82, 2.24) is 14.8 Å². The van der Waals surface area contributed by atoms with Gasteiger partial charge in [-0.05, 0) is 27.6 Å². The second-order valence-corrected chi connectivity index (χ2v) is 4.91. The van der Waals surface area contributed by atoms with E-state index in [1.807, 2.05) is 23.0 Å². The Labute approximate surface area is 113 Å². The molecule has 0 bridgehead atoms. The Morgan fingerprint density at radius 2 is 2.06 bits per heavy atom. The minimum Gasteiger partial charge on any atom is -0.381 e. The van der Waals surface area contributed by atoms with Gasteiger partial charge in [0.05, 0.1) is 16.5 Å². The average molecular weight is 303 g/mol. The predicted octanol–water partition coefficient (Wildman–Crippen LogP) is 2.82. The number of halogens is 1. The SMILES string of the molecule is Nc1nn(Cc2cccc3cccnc23)cc1Br. The van der Waals surface area contributed by atoms with Crippen molar-refractivity contribution in [2.45, 2.75) is 6.54 Å². The first-order valence-corrected chi connectivity index (χ1v) is 6.34. The van der Waals surface area contributed by atoms with Crippen LogP contribution in [-0.2, 0) is 6.54 Å². The molecule has 18 heavy (non-hydrogen) atoms. The van der Waals surface area contributed by atoms with Crippen LogP contribution in [0.4, 0.5) is 5.82 Å². The Balaban J connectivity index is 2.04. The molecule has 0 atom stereocenters. The topological polar surface area (TPSA) is 56.7 Å². The van der Waals surface area contributed by atoms with Crippen LogP contribution in [0.1, 0.15) is 5.56 Å². The molecule has 90 valence electrons. The number of aromatic nitrogens is 3. The number of benzene rings is 1. The maximum atomic E-state index is 5.71. The number of para-hydroxylation sites is 1. The van der Waals surface area contributed by atoms with Crippen LogP contribution < -0.4 is 5.73 Å². The van der Waals surface area contributed by atoms with E-state index < -0.39 is 0 Å². The maximum Gasteiger partial charge on any atom is 0.159 e. The summed E-state index contributed by atoms with van der Waals surface area (Å²) in [5.74, 6) is 0.503. The second kappa shape index (κ2) is 4.42. The van der Waals surface area contributed by atoms with Crippen molar-refractivity contribution < 1.29 is 0 Å². The first-order chi connectivity index (χ1) is 8.74. The van der Waals surface area contributed by atoms with Gasteiger partial charge in [-0.2, -0.15) is 5.10 Å². The number of rotatable bonds is 2. The molecular formula is C13H11BrN4. The molecule has 0 aliphatic rings. The normalized spacial score (nSPS) is 10.9. The standard InChI is InChI=1S/C13H11BrN4/c14-11-8-18(17-13(11)15)7-10-4-1-3-9-5-2-6-16-12(9)10/h1-6,8H,7H2,(H2,15,17). The minimum absolute atomic E-state index is 0.503. The van der Waals surface area contributed by atoms with Gasteiger partial charge in [-0.1, -0.05) is 24.3 Å². The van der Waals surface area contributed by atoms with E-state index >= 15 is 0 Å². The van der Waals surface area contributed by atoms with Gasteiger partial charge in [0.15, 0.2) is 5.82 Å². The van der Waals surface area contributed by atoms with Crippen molar-refractivity contribution in [3.8, 4) is 0 Å². The third-order valence-electron chi connectivity index (χ3n) is 2.79. The third-order valence-corrected chi connectivity index (χ3v) is 3.40. The van der Waals surface area contributed by atoms with Gasteiger partial charge in [0, 0.05) is 17.8 Å². The summed E-state index contributed by atoms with van der Waals surface area (Å²) in [6, 6.07) is 10.1. The largest absolute Gasteiger partial charge is 0.381 e. The van der Waals surface area contributed by atoms with Crippen LogP contribution in [0.2, 0.25) is 0 Å². The number of pyridine rings is 1. The Hall–Kier alpha value is -1.88. The molecule has 5 heteroatoms. The fourth-order valence-corrected chi connectivity index (χ4v) is 2.28. The molecule has 3 rings (SSSR count). The number of nitrogens with zero attached hydrogens (tertiary/aromatic N) is 3. The predicted molar refractivity (Wildman–Crippen MR) is 75.2 cm³/mol. The summed E-state index contributed by atoms with van der Waals surface area (Å²) in [5.41, 5.74) is 7.85. The lowest BCUT2D eigenvalue weighted by molar-refractivity contribution is 0.692. The summed E-state index contributed by atoms with van der Waals surface area (Å²) >= 11 is 3.36. The molecule has 2 aromatic heterocycles. The van der Waals surface area contributed by atoms with Crippen LogP contribution in [0.3, 0.4) is 0 Å². The molecule has 4 nitrogen and oxygen atoms in total. The van der Waals surface area contributed by atoms with E-state index in [0.29, 0.717) is 12.4 Å². The van der Waals surface area contributed by atoms with Crippen molar-refractivity contribution in [1.29, 1.82) is 0 Å². The fraction of sp³-hybridized carbons (Fsp3) is 0.0769. The van der Waals surface area contributed by atoms with E-state index in [0.717, 1.165) is 20.9 Å². The molecule has 2 heterocycles. The number of nitrogens with two attached hydrogens (primary N) is 1. The van der Waals surface area contributed by atoms with Crippen LogP contribution in [0.25, 0.3) is 10.9 Å². The van der Waals surface area contributed by atoms with Crippen LogP contribution in [0.15, 0.2) is 47.2 Å². The lowest BCUT2D eigenvalue weighted by Gasteiger charge is -2.05. The molecule has 3 aromatic rings. The highest BCUT2D eigenvalue weighted by atomic mass is 79.9. The van der Waals surface area contributed by atoms with E-state index in [1.165, 1.54) is 0 Å². The quantitative estimate of drug-likeness (QED) is 0.792.